The molecule has 0 aromatic rings. The van der Waals surface area contributed by atoms with Gasteiger partial charge in [-0.15, -0.1) is 0 Å². The van der Waals surface area contributed by atoms with Crippen LogP contribution in [0, 0.1) is 17.8 Å². The van der Waals surface area contributed by atoms with Gasteiger partial charge in [-0.2, -0.15) is 0 Å². The second-order valence-corrected chi connectivity index (χ2v) is 4.49. The third-order valence-electron chi connectivity index (χ3n) is 3.17. The summed E-state index contributed by atoms with van der Waals surface area (Å²) in [5.41, 5.74) is 0. The predicted molar refractivity (Wildman–Crippen MR) is 44.2 cm³/mol. The molecule has 2 aliphatic rings. The van der Waals surface area contributed by atoms with Crippen molar-refractivity contribution in [2.45, 2.75) is 39.0 Å². The van der Waals surface area contributed by atoms with E-state index in [1.807, 2.05) is 0 Å². The van der Waals surface area contributed by atoms with Crippen molar-refractivity contribution in [3.05, 3.63) is 0 Å². The molecule has 2 fully saturated rings. The fraction of sp³-hybridized carbons (Fsp3) is 0.900. The van der Waals surface area contributed by atoms with Gasteiger partial charge >= 0.3 is 0 Å². The summed E-state index contributed by atoms with van der Waals surface area (Å²) in [6.45, 7) is 2.33. The van der Waals surface area contributed by atoms with Gasteiger partial charge in [0, 0.05) is 12.8 Å². The molecule has 0 aromatic heterocycles. The zero-order chi connectivity index (χ0) is 7.84. The van der Waals surface area contributed by atoms with Crippen molar-refractivity contribution in [1.29, 1.82) is 0 Å². The largest absolute Gasteiger partial charge is 0.300 e. The normalized spacial score (nSPS) is 44.1. The fourth-order valence-electron chi connectivity index (χ4n) is 2.96. The van der Waals surface area contributed by atoms with E-state index in [0.717, 1.165) is 30.6 Å². The van der Waals surface area contributed by atoms with E-state index < -0.39 is 0 Å². The van der Waals surface area contributed by atoms with E-state index in [-0.39, 0.29) is 0 Å². The van der Waals surface area contributed by atoms with E-state index in [0.29, 0.717) is 5.78 Å². The van der Waals surface area contributed by atoms with Gasteiger partial charge in [0.1, 0.15) is 5.78 Å². The molecule has 0 amide bonds. The molecule has 0 saturated heterocycles. The second kappa shape index (κ2) is 2.62. The molecule has 2 unspecified atom stereocenters. The van der Waals surface area contributed by atoms with Crippen LogP contribution in [0.3, 0.4) is 0 Å². The number of carbonyl (C=O) groups excluding carboxylic acids is 1. The third-order valence-corrected chi connectivity index (χ3v) is 3.17. The molecule has 2 saturated carbocycles. The minimum atomic E-state index is 0.526. The summed E-state index contributed by atoms with van der Waals surface area (Å²) in [6.07, 6.45) is 5.74. The zero-order valence-electron chi connectivity index (χ0n) is 7.18. The molecular formula is C10H16O. The van der Waals surface area contributed by atoms with Crippen LogP contribution in [0.4, 0.5) is 0 Å². The monoisotopic (exact) mass is 152 g/mol. The highest BCUT2D eigenvalue weighted by Crippen LogP contribution is 2.40. The van der Waals surface area contributed by atoms with Crippen LogP contribution in [0.2, 0.25) is 0 Å². The van der Waals surface area contributed by atoms with E-state index in [4.69, 9.17) is 0 Å². The van der Waals surface area contributed by atoms with Gasteiger partial charge in [0.2, 0.25) is 0 Å². The average Bonchev–Trinajstić information content (AvgIpc) is 1.82. The second-order valence-electron chi connectivity index (χ2n) is 4.49. The van der Waals surface area contributed by atoms with Gasteiger partial charge in [-0.25, -0.2) is 0 Å². The van der Waals surface area contributed by atoms with Crippen molar-refractivity contribution in [2.24, 2.45) is 17.8 Å². The Balaban J connectivity index is 2.05. The maximum absolute atomic E-state index is 11.2. The summed E-state index contributed by atoms with van der Waals surface area (Å²) < 4.78 is 0. The van der Waals surface area contributed by atoms with E-state index >= 15 is 0 Å². The number of carbonyl (C=O) groups is 1. The molecule has 3 atom stereocenters. The summed E-state index contributed by atoms with van der Waals surface area (Å²) in [7, 11) is 0. The first kappa shape index (κ1) is 7.33. The number of fused-ring (bicyclic) bond motifs is 2. The van der Waals surface area contributed by atoms with Gasteiger partial charge in [0.25, 0.3) is 0 Å². The van der Waals surface area contributed by atoms with Crippen molar-refractivity contribution < 1.29 is 4.79 Å². The third kappa shape index (κ3) is 1.47. The molecule has 11 heavy (non-hydrogen) atoms. The molecule has 0 spiro atoms. The number of hydrogen-bond donors (Lipinski definition) is 0. The smallest absolute Gasteiger partial charge is 0.133 e. The van der Waals surface area contributed by atoms with Gasteiger partial charge in [-0.05, 0) is 37.0 Å². The first-order valence-corrected chi connectivity index (χ1v) is 4.75. The lowest BCUT2D eigenvalue weighted by molar-refractivity contribution is -0.124. The van der Waals surface area contributed by atoms with Gasteiger partial charge in [-0.3, -0.25) is 4.79 Å². The van der Waals surface area contributed by atoms with Crippen LogP contribution in [-0.2, 0) is 4.79 Å². The molecule has 0 radical (unpaired) electrons. The predicted octanol–water partition coefficient (Wildman–Crippen LogP) is 2.40. The highest BCUT2D eigenvalue weighted by Gasteiger charge is 2.33. The Hall–Kier alpha value is -0.330. The molecular weight excluding hydrogens is 136 g/mol. The van der Waals surface area contributed by atoms with E-state index in [2.05, 4.69) is 6.92 Å². The van der Waals surface area contributed by atoms with Gasteiger partial charge < -0.3 is 0 Å². The van der Waals surface area contributed by atoms with E-state index in [1.54, 1.807) is 0 Å². The highest BCUT2D eigenvalue weighted by molar-refractivity contribution is 5.79. The summed E-state index contributed by atoms with van der Waals surface area (Å²) in [6, 6.07) is 0. The number of Topliss-reactive ketones (excluding diaryl/α,β-unsaturated/α-hetero) is 1. The summed E-state index contributed by atoms with van der Waals surface area (Å²) in [4.78, 5) is 11.2. The molecule has 0 aromatic carbocycles. The SMILES string of the molecule is CC1CC2CC(=O)C[C@H](C1)C2. The van der Waals surface area contributed by atoms with Gasteiger partial charge in [-0.1, -0.05) is 6.92 Å². The molecule has 0 aliphatic heterocycles. The van der Waals surface area contributed by atoms with Crippen LogP contribution in [0.1, 0.15) is 39.0 Å². The Kier molecular flexibility index (Phi) is 1.74. The lowest BCUT2D eigenvalue weighted by Crippen LogP contribution is -2.30. The van der Waals surface area contributed by atoms with Crippen LogP contribution >= 0.6 is 0 Å². The van der Waals surface area contributed by atoms with Crippen molar-refractivity contribution >= 4 is 5.78 Å². The van der Waals surface area contributed by atoms with Crippen LogP contribution in [0.25, 0.3) is 0 Å². The van der Waals surface area contributed by atoms with Crippen molar-refractivity contribution in [2.75, 3.05) is 0 Å². The van der Waals surface area contributed by atoms with Crippen molar-refractivity contribution in [1.82, 2.24) is 0 Å². The Bertz CT molecular complexity index is 154. The minimum Gasteiger partial charge on any atom is -0.300 e. The van der Waals surface area contributed by atoms with E-state index in [9.17, 15) is 4.79 Å². The molecule has 0 N–H and O–H groups in total. The van der Waals surface area contributed by atoms with Crippen LogP contribution in [-0.4, -0.2) is 5.78 Å². The lowest BCUT2D eigenvalue weighted by Gasteiger charge is -2.36. The lowest BCUT2D eigenvalue weighted by atomic mass is 9.68. The maximum Gasteiger partial charge on any atom is 0.133 e. The first-order valence-electron chi connectivity index (χ1n) is 4.75. The fourth-order valence-corrected chi connectivity index (χ4v) is 2.96. The Labute approximate surface area is 68.2 Å². The molecule has 2 aliphatic carbocycles. The molecule has 1 heteroatoms. The molecule has 1 nitrogen and oxygen atoms in total. The van der Waals surface area contributed by atoms with Gasteiger partial charge in [0.05, 0.1) is 0 Å². The minimum absolute atomic E-state index is 0.526. The van der Waals surface area contributed by atoms with Gasteiger partial charge in [0.15, 0.2) is 0 Å². The van der Waals surface area contributed by atoms with Crippen molar-refractivity contribution in [3.8, 4) is 0 Å². The topological polar surface area (TPSA) is 17.1 Å². The quantitative estimate of drug-likeness (QED) is 0.521. The number of ketones is 1. The molecule has 62 valence electrons. The Morgan fingerprint density at radius 3 is 2.18 bits per heavy atom. The van der Waals surface area contributed by atoms with E-state index in [1.165, 1.54) is 19.3 Å². The summed E-state index contributed by atoms with van der Waals surface area (Å²) >= 11 is 0. The highest BCUT2D eigenvalue weighted by atomic mass is 16.1. The molecule has 0 heterocycles. The zero-order valence-corrected chi connectivity index (χ0v) is 7.18. The Morgan fingerprint density at radius 1 is 1.09 bits per heavy atom. The van der Waals surface area contributed by atoms with Crippen LogP contribution in [0.5, 0.6) is 0 Å². The molecule has 2 rings (SSSR count). The first-order chi connectivity index (χ1) is 5.24. The number of hydrogen-bond acceptors (Lipinski definition) is 1. The molecule has 2 bridgehead atoms. The summed E-state index contributed by atoms with van der Waals surface area (Å²) in [5.74, 6) is 2.92. The Morgan fingerprint density at radius 2 is 1.64 bits per heavy atom. The van der Waals surface area contributed by atoms with Crippen LogP contribution < -0.4 is 0 Å². The maximum atomic E-state index is 11.2. The number of rotatable bonds is 0. The van der Waals surface area contributed by atoms with Crippen LogP contribution in [0.15, 0.2) is 0 Å². The summed E-state index contributed by atoms with van der Waals surface area (Å²) in [5, 5.41) is 0. The average molecular weight is 152 g/mol. The standard InChI is InChI=1S/C10H16O/c1-7-2-8-4-9(3-7)6-10(11)5-8/h7-9H,2-6H2,1H3/t7?,8-,9?/m1/s1. The van der Waals surface area contributed by atoms with Crippen molar-refractivity contribution in [3.63, 3.8) is 0 Å².